The van der Waals surface area contributed by atoms with Gasteiger partial charge in [-0.2, -0.15) is 0 Å². The van der Waals surface area contributed by atoms with Gasteiger partial charge in [0.05, 0.1) is 37.6 Å². The van der Waals surface area contributed by atoms with Crippen molar-refractivity contribution in [2.24, 2.45) is 50.7 Å². The molecule has 40 heavy (non-hydrogen) atoms. The van der Waals surface area contributed by atoms with Crippen LogP contribution in [0.25, 0.3) is 0 Å². The van der Waals surface area contributed by atoms with Crippen LogP contribution in [-0.2, 0) is 14.2 Å². The Morgan fingerprint density at radius 3 is 2.30 bits per heavy atom. The van der Waals surface area contributed by atoms with Gasteiger partial charge in [-0.1, -0.05) is 34.6 Å². The summed E-state index contributed by atoms with van der Waals surface area (Å²) in [5.74, 6) is 1.66. The van der Waals surface area contributed by atoms with Crippen molar-refractivity contribution in [1.82, 2.24) is 0 Å². The van der Waals surface area contributed by atoms with Crippen LogP contribution in [0, 0.1) is 50.7 Å². The molecule has 2 saturated heterocycles. The maximum absolute atomic E-state index is 12.1. The quantitative estimate of drug-likeness (QED) is 0.331. The van der Waals surface area contributed by atoms with Gasteiger partial charge in [0.25, 0.3) is 0 Å². The fraction of sp³-hybridized carbons (Fsp3) is 1.00. The number of aliphatic hydroxyl groups excluding tert-OH is 5. The molecule has 0 aromatic heterocycles. The van der Waals surface area contributed by atoms with E-state index in [-0.39, 0.29) is 58.6 Å². The van der Waals surface area contributed by atoms with Gasteiger partial charge in [0.15, 0.2) is 6.29 Å². The predicted octanol–water partition coefficient (Wildman–Crippen LogP) is 2.62. The Kier molecular flexibility index (Phi) is 6.31. The molecule has 228 valence electrons. The third-order valence-electron chi connectivity index (χ3n) is 14.8. The summed E-state index contributed by atoms with van der Waals surface area (Å²) in [7, 11) is 0. The number of ether oxygens (including phenoxy) is 3. The molecule has 5 saturated carbocycles. The summed E-state index contributed by atoms with van der Waals surface area (Å²) < 4.78 is 18.5. The summed E-state index contributed by atoms with van der Waals surface area (Å²) in [4.78, 5) is 0. The summed E-state index contributed by atoms with van der Waals surface area (Å²) in [5.41, 5.74) is 0.147. The number of rotatable bonds is 3. The van der Waals surface area contributed by atoms with Crippen LogP contribution in [0.4, 0.5) is 0 Å². The highest BCUT2D eigenvalue weighted by atomic mass is 16.7. The van der Waals surface area contributed by atoms with E-state index in [1.165, 1.54) is 12.8 Å². The molecule has 2 aliphatic heterocycles. The third kappa shape index (κ3) is 3.26. The number of hydrogen-bond donors (Lipinski definition) is 5. The highest BCUT2D eigenvalue weighted by molar-refractivity contribution is 5.32. The van der Waals surface area contributed by atoms with Crippen LogP contribution >= 0.6 is 0 Å². The molecule has 5 aliphatic carbocycles. The lowest BCUT2D eigenvalue weighted by Crippen LogP contribution is -2.61. The minimum Gasteiger partial charge on any atom is -0.394 e. The van der Waals surface area contributed by atoms with Gasteiger partial charge >= 0.3 is 0 Å². The van der Waals surface area contributed by atoms with Crippen molar-refractivity contribution < 1.29 is 39.7 Å². The second-order valence-electron chi connectivity index (χ2n) is 16.2. The molecule has 7 fully saturated rings. The van der Waals surface area contributed by atoms with E-state index in [0.29, 0.717) is 23.7 Å². The van der Waals surface area contributed by atoms with Crippen LogP contribution in [0.5, 0.6) is 0 Å². The lowest BCUT2D eigenvalue weighted by atomic mass is 9.41. The smallest absolute Gasteiger partial charge is 0.186 e. The van der Waals surface area contributed by atoms with E-state index in [1.54, 1.807) is 0 Å². The molecule has 7 rings (SSSR count). The zero-order valence-electron chi connectivity index (χ0n) is 25.0. The summed E-state index contributed by atoms with van der Waals surface area (Å²) in [5, 5.41) is 52.7. The predicted molar refractivity (Wildman–Crippen MR) is 146 cm³/mol. The molecule has 2 heterocycles. The van der Waals surface area contributed by atoms with E-state index in [1.807, 2.05) is 0 Å². The van der Waals surface area contributed by atoms with E-state index in [0.717, 1.165) is 38.5 Å². The van der Waals surface area contributed by atoms with Crippen molar-refractivity contribution in [3.8, 4) is 0 Å². The van der Waals surface area contributed by atoms with Crippen molar-refractivity contribution in [2.45, 2.75) is 135 Å². The van der Waals surface area contributed by atoms with Gasteiger partial charge in [0.1, 0.15) is 18.3 Å². The van der Waals surface area contributed by atoms with Gasteiger partial charge in [-0.3, -0.25) is 0 Å². The SMILES string of the molecule is C[C@@H]1C[C@H](CO)O[C@H]2C1[C@@]1(C)CC[C@@]34C[C@@]35CC[C@H](O[C@@H]3OC[C@@H](O)[C@H](O)[C@H]3O)C(C)(C)[C@@H]5CC[C@H]4[C@]1(C)[C@H]2O. The van der Waals surface area contributed by atoms with Gasteiger partial charge in [-0.25, -0.2) is 0 Å². The molecule has 8 heteroatoms. The summed E-state index contributed by atoms with van der Waals surface area (Å²) in [6.45, 7) is 11.7. The zero-order valence-corrected chi connectivity index (χ0v) is 25.0. The average Bonchev–Trinajstić information content (AvgIpc) is 3.55. The van der Waals surface area contributed by atoms with E-state index in [4.69, 9.17) is 14.2 Å². The molecule has 2 spiro atoms. The first-order chi connectivity index (χ1) is 18.8. The maximum Gasteiger partial charge on any atom is 0.186 e. The van der Waals surface area contributed by atoms with Crippen molar-refractivity contribution >= 4 is 0 Å². The van der Waals surface area contributed by atoms with Gasteiger partial charge in [-0.05, 0) is 96.7 Å². The first-order valence-electron chi connectivity index (χ1n) is 16.0. The molecular weight excluding hydrogens is 512 g/mol. The third-order valence-corrected chi connectivity index (χ3v) is 14.8. The molecule has 16 atom stereocenters. The average molecular weight is 565 g/mol. The monoisotopic (exact) mass is 564 g/mol. The van der Waals surface area contributed by atoms with Crippen LogP contribution < -0.4 is 0 Å². The lowest BCUT2D eigenvalue weighted by Gasteiger charge is -2.64. The molecule has 0 aromatic carbocycles. The normalized spacial score (nSPS) is 62.0. The Hall–Kier alpha value is -0.320. The van der Waals surface area contributed by atoms with Crippen LogP contribution in [0.2, 0.25) is 0 Å². The number of aliphatic hydroxyl groups is 5. The first-order valence-corrected chi connectivity index (χ1v) is 16.0. The van der Waals surface area contributed by atoms with Crippen molar-refractivity contribution in [1.29, 1.82) is 0 Å². The van der Waals surface area contributed by atoms with Gasteiger partial charge in [-0.15, -0.1) is 0 Å². The van der Waals surface area contributed by atoms with E-state index in [9.17, 15) is 25.5 Å². The first kappa shape index (κ1) is 28.5. The minimum atomic E-state index is -1.27. The molecule has 0 amide bonds. The second-order valence-corrected chi connectivity index (χ2v) is 16.2. The largest absolute Gasteiger partial charge is 0.394 e. The van der Waals surface area contributed by atoms with Gasteiger partial charge in [0.2, 0.25) is 0 Å². The molecule has 8 nitrogen and oxygen atoms in total. The van der Waals surface area contributed by atoms with Crippen LogP contribution in [-0.4, -0.2) is 87.8 Å². The molecule has 0 radical (unpaired) electrons. The summed E-state index contributed by atoms with van der Waals surface area (Å²) >= 11 is 0. The summed E-state index contributed by atoms with van der Waals surface area (Å²) in [6, 6.07) is 0. The highest BCUT2D eigenvalue weighted by Gasteiger charge is 2.84. The molecule has 0 bridgehead atoms. The van der Waals surface area contributed by atoms with E-state index in [2.05, 4.69) is 34.6 Å². The Morgan fingerprint density at radius 1 is 0.875 bits per heavy atom. The Bertz CT molecular complexity index is 1020. The summed E-state index contributed by atoms with van der Waals surface area (Å²) in [6.07, 6.45) is 2.99. The molecule has 1 unspecified atom stereocenters. The second kappa shape index (κ2) is 8.87. The lowest BCUT2D eigenvalue weighted by molar-refractivity contribution is -0.303. The van der Waals surface area contributed by atoms with Gasteiger partial charge < -0.3 is 39.7 Å². The maximum atomic E-state index is 12.1. The minimum absolute atomic E-state index is 0.0130. The van der Waals surface area contributed by atoms with Crippen LogP contribution in [0.1, 0.15) is 86.0 Å². The number of fused-ring (bicyclic) bond motifs is 4. The van der Waals surface area contributed by atoms with Crippen molar-refractivity contribution in [2.75, 3.05) is 13.2 Å². The Balaban J connectivity index is 1.16. The zero-order chi connectivity index (χ0) is 28.6. The van der Waals surface area contributed by atoms with E-state index < -0.39 is 30.7 Å². The Labute approximate surface area is 238 Å². The fourth-order valence-corrected chi connectivity index (χ4v) is 12.8. The molecule has 0 aromatic rings. The van der Waals surface area contributed by atoms with Crippen molar-refractivity contribution in [3.63, 3.8) is 0 Å². The van der Waals surface area contributed by atoms with Gasteiger partial charge in [0, 0.05) is 5.41 Å². The topological polar surface area (TPSA) is 129 Å². The molecular formula is C32H52O8. The van der Waals surface area contributed by atoms with Crippen LogP contribution in [0.15, 0.2) is 0 Å². The van der Waals surface area contributed by atoms with E-state index >= 15 is 0 Å². The highest BCUT2D eigenvalue weighted by Crippen LogP contribution is 2.89. The standard InChI is InChI=1S/C32H52O8/c1-16-12-17(13-33)39-25-22(16)29(4)10-11-32-15-31(32)9-8-21(40-27-24(36)23(35)18(34)14-38-27)28(2,3)19(31)6-7-20(32)30(29,5)26(25)37/h16-27,33-37H,6-15H2,1-5H3/t16-,17-,18-,19+,20+,21+,22?,23+,24-,25+,26+,27+,29-,30-,31-,32+/m1/s1. The van der Waals surface area contributed by atoms with Crippen molar-refractivity contribution in [3.05, 3.63) is 0 Å². The number of hydrogen-bond acceptors (Lipinski definition) is 8. The molecule has 5 N–H and O–H groups in total. The van der Waals surface area contributed by atoms with Crippen LogP contribution in [0.3, 0.4) is 0 Å². The molecule has 7 aliphatic rings. The fourth-order valence-electron chi connectivity index (χ4n) is 12.8. The Morgan fingerprint density at radius 2 is 1.57 bits per heavy atom.